The van der Waals surface area contributed by atoms with Gasteiger partial charge in [-0.25, -0.2) is 17.6 Å². The van der Waals surface area contributed by atoms with Crippen LogP contribution < -0.4 is 4.39 Å². The molecule has 0 bridgehead atoms. The first-order chi connectivity index (χ1) is 12.0. The van der Waals surface area contributed by atoms with E-state index in [1.165, 1.54) is 11.3 Å². The molecule has 1 aromatic heterocycles. The zero-order chi connectivity index (χ0) is 20.8. The first-order valence-electron chi connectivity index (χ1n) is 9.15. The number of rotatable bonds is 3. The molecular formula is C18H32N2O4S2Si. The Labute approximate surface area is 168 Å². The van der Waals surface area contributed by atoms with Gasteiger partial charge in [-0.05, 0) is 43.9 Å². The minimum Gasteiger partial charge on any atom is -0.444 e. The number of thiophene rings is 1. The number of ether oxygens (including phenoxy) is 1. The number of carbonyl (C=O) groups excluding carboxylic acids is 1. The highest BCUT2D eigenvalue weighted by atomic mass is 32.2. The van der Waals surface area contributed by atoms with Crippen molar-refractivity contribution in [3.63, 3.8) is 0 Å². The molecule has 0 aliphatic carbocycles. The SMILES string of the molecule is CC(C)(C)OC(=O)N1CCc2sc(S(=O)(=O)N[Si](C)(C)C(C)(C)C)cc2C1. The van der Waals surface area contributed by atoms with Crippen LogP contribution in [0.15, 0.2) is 10.3 Å². The van der Waals surface area contributed by atoms with Crippen molar-refractivity contribution in [2.45, 2.75) is 82.5 Å². The second kappa shape index (κ2) is 7.17. The number of sulfonamides is 1. The van der Waals surface area contributed by atoms with E-state index >= 15 is 0 Å². The summed E-state index contributed by atoms with van der Waals surface area (Å²) in [7, 11) is -5.78. The molecule has 0 atom stereocenters. The summed E-state index contributed by atoms with van der Waals surface area (Å²) >= 11 is 1.31. The van der Waals surface area contributed by atoms with Gasteiger partial charge in [0.2, 0.25) is 10.0 Å². The van der Waals surface area contributed by atoms with Crippen LogP contribution in [0.1, 0.15) is 52.0 Å². The van der Waals surface area contributed by atoms with Crippen LogP contribution in [0.5, 0.6) is 0 Å². The smallest absolute Gasteiger partial charge is 0.410 e. The normalized spacial score (nSPS) is 16.2. The third-order valence-corrected chi connectivity index (χ3v) is 14.5. The minimum absolute atomic E-state index is 0.0928. The fourth-order valence-electron chi connectivity index (χ4n) is 2.46. The molecule has 0 fully saturated rings. The average Bonchev–Trinajstić information content (AvgIpc) is 2.86. The fourth-order valence-corrected chi connectivity index (χ4v) is 9.08. The average molecular weight is 433 g/mol. The van der Waals surface area contributed by atoms with E-state index in [1.54, 1.807) is 11.0 Å². The largest absolute Gasteiger partial charge is 0.444 e. The van der Waals surface area contributed by atoms with Crippen LogP contribution in [0.4, 0.5) is 4.79 Å². The molecule has 0 saturated heterocycles. The zero-order valence-electron chi connectivity index (χ0n) is 17.6. The quantitative estimate of drug-likeness (QED) is 0.722. The second-order valence-corrected chi connectivity index (χ2v) is 18.1. The molecule has 0 unspecified atom stereocenters. The second-order valence-electron chi connectivity index (χ2n) is 9.65. The summed E-state index contributed by atoms with van der Waals surface area (Å²) in [6.07, 6.45) is 0.289. The number of nitrogens with zero attached hydrogens (tertiary/aromatic N) is 1. The van der Waals surface area contributed by atoms with Crippen LogP contribution in [0, 0.1) is 0 Å². The molecule has 27 heavy (non-hydrogen) atoms. The van der Waals surface area contributed by atoms with E-state index in [9.17, 15) is 13.2 Å². The Morgan fingerprint density at radius 3 is 2.33 bits per heavy atom. The number of hydrogen-bond donors (Lipinski definition) is 1. The van der Waals surface area contributed by atoms with Crippen LogP contribution >= 0.6 is 11.3 Å². The van der Waals surface area contributed by atoms with Gasteiger partial charge in [0.25, 0.3) is 0 Å². The van der Waals surface area contributed by atoms with Crippen molar-refractivity contribution in [1.29, 1.82) is 0 Å². The van der Waals surface area contributed by atoms with Crippen molar-refractivity contribution in [3.8, 4) is 0 Å². The van der Waals surface area contributed by atoms with Crippen LogP contribution in [0.25, 0.3) is 0 Å². The molecule has 0 saturated carbocycles. The van der Waals surface area contributed by atoms with E-state index in [0.717, 1.165) is 10.4 Å². The summed E-state index contributed by atoms with van der Waals surface area (Å²) in [5, 5.41) is -0.0928. The van der Waals surface area contributed by atoms with Crippen LogP contribution in [0.3, 0.4) is 0 Å². The van der Waals surface area contributed by atoms with E-state index in [-0.39, 0.29) is 11.1 Å². The number of hydrogen-bond acceptors (Lipinski definition) is 5. The lowest BCUT2D eigenvalue weighted by molar-refractivity contribution is 0.0225. The number of carbonyl (C=O) groups is 1. The van der Waals surface area contributed by atoms with Gasteiger partial charge < -0.3 is 9.64 Å². The molecule has 1 aliphatic heterocycles. The standard InChI is InChI=1S/C18H32N2O4S2Si/c1-17(2,3)24-16(21)20-10-9-14-13(12-20)11-15(25-14)26(22,23)19-27(7,8)18(4,5)6/h11,19H,9-10,12H2,1-8H3. The van der Waals surface area contributed by atoms with E-state index in [4.69, 9.17) is 4.74 Å². The Hall–Kier alpha value is -0.903. The Balaban J connectivity index is 2.20. The molecule has 154 valence electrons. The van der Waals surface area contributed by atoms with E-state index in [0.29, 0.717) is 23.7 Å². The van der Waals surface area contributed by atoms with Gasteiger partial charge in [0.1, 0.15) is 18.0 Å². The molecule has 9 heteroatoms. The van der Waals surface area contributed by atoms with Crippen molar-refractivity contribution in [2.24, 2.45) is 0 Å². The zero-order valence-corrected chi connectivity index (χ0v) is 20.2. The topological polar surface area (TPSA) is 75.7 Å². The Morgan fingerprint density at radius 1 is 1.22 bits per heavy atom. The first kappa shape index (κ1) is 22.4. The number of amides is 1. The lowest BCUT2D eigenvalue weighted by Crippen LogP contribution is -2.54. The molecule has 0 radical (unpaired) electrons. The van der Waals surface area contributed by atoms with Crippen LogP contribution in [-0.2, 0) is 27.7 Å². The lowest BCUT2D eigenvalue weighted by Gasteiger charge is -2.36. The molecule has 0 aromatic carbocycles. The fraction of sp³-hybridized carbons (Fsp3) is 0.722. The third-order valence-electron chi connectivity index (χ3n) is 5.03. The van der Waals surface area contributed by atoms with Gasteiger partial charge in [0.15, 0.2) is 0 Å². The third kappa shape index (κ3) is 5.33. The lowest BCUT2D eigenvalue weighted by atomic mass is 10.1. The Bertz CT molecular complexity index is 817. The van der Waals surface area contributed by atoms with Gasteiger partial charge in [0.05, 0.1) is 6.54 Å². The first-order valence-corrected chi connectivity index (χ1v) is 14.5. The molecule has 6 nitrogen and oxygen atoms in total. The van der Waals surface area contributed by atoms with Crippen molar-refractivity contribution >= 4 is 35.7 Å². The Kier molecular flexibility index (Phi) is 5.94. The maximum atomic E-state index is 12.9. The monoisotopic (exact) mass is 432 g/mol. The highest BCUT2D eigenvalue weighted by Crippen LogP contribution is 2.37. The minimum atomic E-state index is -3.57. The molecular weight excluding hydrogens is 400 g/mol. The maximum absolute atomic E-state index is 12.9. The highest BCUT2D eigenvalue weighted by molar-refractivity contribution is 7.93. The molecule has 0 spiro atoms. The van der Waals surface area contributed by atoms with Crippen LogP contribution in [-0.4, -0.2) is 39.8 Å². The van der Waals surface area contributed by atoms with E-state index in [2.05, 4.69) is 25.2 Å². The van der Waals surface area contributed by atoms with Crippen molar-refractivity contribution < 1.29 is 17.9 Å². The summed E-state index contributed by atoms with van der Waals surface area (Å²) < 4.78 is 34.6. The molecule has 1 aromatic rings. The summed E-state index contributed by atoms with van der Waals surface area (Å²) in [5.41, 5.74) is 0.348. The van der Waals surface area contributed by atoms with Gasteiger partial charge in [-0.3, -0.25) is 0 Å². The molecule has 1 amide bonds. The van der Waals surface area contributed by atoms with Gasteiger partial charge >= 0.3 is 6.09 Å². The molecule has 1 aliphatic rings. The van der Waals surface area contributed by atoms with Gasteiger partial charge in [-0.1, -0.05) is 33.9 Å². The summed E-state index contributed by atoms with van der Waals surface area (Å²) in [4.78, 5) is 15.0. The van der Waals surface area contributed by atoms with Gasteiger partial charge in [-0.15, -0.1) is 11.3 Å². The molecule has 2 heterocycles. The van der Waals surface area contributed by atoms with E-state index < -0.39 is 23.9 Å². The maximum Gasteiger partial charge on any atom is 0.410 e. The van der Waals surface area contributed by atoms with E-state index in [1.807, 2.05) is 33.9 Å². The van der Waals surface area contributed by atoms with Gasteiger partial charge in [-0.2, -0.15) is 0 Å². The van der Waals surface area contributed by atoms with Crippen molar-refractivity contribution in [3.05, 3.63) is 16.5 Å². The van der Waals surface area contributed by atoms with Crippen molar-refractivity contribution in [2.75, 3.05) is 6.54 Å². The highest BCUT2D eigenvalue weighted by Gasteiger charge is 2.40. The predicted octanol–water partition coefficient (Wildman–Crippen LogP) is 4.32. The van der Waals surface area contributed by atoms with Crippen LogP contribution in [0.2, 0.25) is 18.1 Å². The predicted molar refractivity (Wildman–Crippen MR) is 112 cm³/mol. The summed E-state index contributed by atoms with van der Waals surface area (Å²) in [6, 6.07) is 1.71. The van der Waals surface area contributed by atoms with Gasteiger partial charge in [0, 0.05) is 11.4 Å². The summed E-state index contributed by atoms with van der Waals surface area (Å²) in [6.45, 7) is 16.7. The van der Waals surface area contributed by atoms with Crippen molar-refractivity contribution in [1.82, 2.24) is 9.29 Å². The number of nitrogens with one attached hydrogen (secondary N) is 1. The molecule has 1 N–H and O–H groups in total. The summed E-state index contributed by atoms with van der Waals surface area (Å²) in [5.74, 6) is 0. The number of fused-ring (bicyclic) bond motifs is 1. The molecule has 2 rings (SSSR count). The Morgan fingerprint density at radius 2 is 1.81 bits per heavy atom.